The molecule has 4 aromatic rings. The summed E-state index contributed by atoms with van der Waals surface area (Å²) in [4.78, 5) is 19.8. The third kappa shape index (κ3) is 2.85. The Balaban J connectivity index is 1.73. The Bertz CT molecular complexity index is 1130. The van der Waals surface area contributed by atoms with Crippen LogP contribution in [0.3, 0.4) is 0 Å². The number of aromatic nitrogens is 3. The molecule has 3 heterocycles. The molecule has 0 bridgehead atoms. The molecule has 2 aromatic carbocycles. The number of hydrogen-bond donors (Lipinski definition) is 0. The lowest BCUT2D eigenvalue weighted by molar-refractivity contribution is 0.0794. The van der Waals surface area contributed by atoms with Crippen molar-refractivity contribution in [2.45, 2.75) is 12.8 Å². The van der Waals surface area contributed by atoms with Crippen LogP contribution >= 0.6 is 0 Å². The van der Waals surface area contributed by atoms with Crippen LogP contribution in [0.2, 0.25) is 0 Å². The average Bonchev–Trinajstić information content (AvgIpc) is 3.44. The van der Waals surface area contributed by atoms with E-state index in [0.29, 0.717) is 11.2 Å². The van der Waals surface area contributed by atoms with Gasteiger partial charge in [0, 0.05) is 24.2 Å². The van der Waals surface area contributed by atoms with Crippen LogP contribution in [0.25, 0.3) is 28.2 Å². The number of fused-ring (bicyclic) bond motifs is 1. The normalized spacial score (nSPS) is 13.9. The fourth-order valence-electron chi connectivity index (χ4n) is 3.78. The molecule has 1 aliphatic heterocycles. The maximum atomic E-state index is 13.1. The summed E-state index contributed by atoms with van der Waals surface area (Å²) in [5, 5.41) is 4.53. The molecular weight excluding hydrogens is 348 g/mol. The molecule has 138 valence electrons. The van der Waals surface area contributed by atoms with Gasteiger partial charge in [-0.2, -0.15) is 5.10 Å². The lowest BCUT2D eigenvalue weighted by atomic mass is 10.1. The summed E-state index contributed by atoms with van der Waals surface area (Å²) in [5.41, 5.74) is 4.99. The molecule has 1 fully saturated rings. The van der Waals surface area contributed by atoms with Gasteiger partial charge in [0.1, 0.15) is 5.56 Å². The lowest BCUT2D eigenvalue weighted by Crippen LogP contribution is -2.27. The number of hydrogen-bond acceptors (Lipinski definition) is 3. The highest BCUT2D eigenvalue weighted by Gasteiger charge is 2.24. The topological polar surface area (TPSA) is 50.5 Å². The van der Waals surface area contributed by atoms with E-state index in [1.165, 1.54) is 0 Å². The van der Waals surface area contributed by atoms with Gasteiger partial charge in [-0.25, -0.2) is 9.50 Å². The number of likely N-dealkylation sites (tertiary alicyclic amines) is 1. The van der Waals surface area contributed by atoms with Crippen LogP contribution in [-0.2, 0) is 0 Å². The molecular formula is C23H20N4O. The molecule has 1 amide bonds. The first-order valence-electron chi connectivity index (χ1n) is 9.60. The van der Waals surface area contributed by atoms with Crippen molar-refractivity contribution in [3.05, 3.63) is 78.5 Å². The predicted molar refractivity (Wildman–Crippen MR) is 109 cm³/mol. The van der Waals surface area contributed by atoms with E-state index in [2.05, 4.69) is 5.10 Å². The Hall–Kier alpha value is -3.47. The van der Waals surface area contributed by atoms with E-state index in [1.54, 1.807) is 10.7 Å². The molecule has 0 saturated carbocycles. The summed E-state index contributed by atoms with van der Waals surface area (Å²) in [6, 6.07) is 22.2. The second kappa shape index (κ2) is 6.93. The molecule has 0 radical (unpaired) electrons. The molecule has 5 rings (SSSR count). The molecule has 2 aromatic heterocycles. The summed E-state index contributed by atoms with van der Waals surface area (Å²) in [7, 11) is 0. The van der Waals surface area contributed by atoms with Gasteiger partial charge in [0.05, 0.1) is 17.6 Å². The number of carbonyl (C=O) groups excluding carboxylic acids is 1. The fourth-order valence-corrected chi connectivity index (χ4v) is 3.78. The van der Waals surface area contributed by atoms with Crippen LogP contribution in [0, 0.1) is 0 Å². The predicted octanol–water partition coefficient (Wildman–Crippen LogP) is 4.30. The zero-order chi connectivity index (χ0) is 18.9. The summed E-state index contributed by atoms with van der Waals surface area (Å²) in [6.07, 6.45) is 3.77. The maximum absolute atomic E-state index is 13.1. The number of amides is 1. The Morgan fingerprint density at radius 3 is 2.18 bits per heavy atom. The minimum atomic E-state index is 0.0178. The van der Waals surface area contributed by atoms with Gasteiger partial charge in [0.15, 0.2) is 5.65 Å². The van der Waals surface area contributed by atoms with Crippen LogP contribution < -0.4 is 0 Å². The third-order valence-electron chi connectivity index (χ3n) is 5.23. The number of carbonyl (C=O) groups is 1. The van der Waals surface area contributed by atoms with Crippen molar-refractivity contribution in [1.82, 2.24) is 19.5 Å². The summed E-state index contributed by atoms with van der Waals surface area (Å²) >= 11 is 0. The summed E-state index contributed by atoms with van der Waals surface area (Å²) in [5.74, 6) is 0.0178. The van der Waals surface area contributed by atoms with Crippen molar-refractivity contribution in [2.75, 3.05) is 13.1 Å². The molecule has 0 spiro atoms. The van der Waals surface area contributed by atoms with Crippen molar-refractivity contribution in [3.63, 3.8) is 0 Å². The molecule has 28 heavy (non-hydrogen) atoms. The van der Waals surface area contributed by atoms with Crippen molar-refractivity contribution in [1.29, 1.82) is 0 Å². The van der Waals surface area contributed by atoms with Gasteiger partial charge in [-0.15, -0.1) is 0 Å². The van der Waals surface area contributed by atoms with E-state index in [1.807, 2.05) is 71.6 Å². The molecule has 0 N–H and O–H groups in total. The van der Waals surface area contributed by atoms with E-state index in [-0.39, 0.29) is 5.91 Å². The number of nitrogens with zero attached hydrogens (tertiary/aromatic N) is 4. The Morgan fingerprint density at radius 1 is 0.857 bits per heavy atom. The number of rotatable bonds is 3. The van der Waals surface area contributed by atoms with Crippen molar-refractivity contribution in [3.8, 4) is 22.5 Å². The maximum Gasteiger partial charge on any atom is 0.259 e. The van der Waals surface area contributed by atoms with Gasteiger partial charge in [-0.1, -0.05) is 60.7 Å². The first-order chi connectivity index (χ1) is 13.8. The first-order valence-corrected chi connectivity index (χ1v) is 9.60. The van der Waals surface area contributed by atoms with E-state index in [4.69, 9.17) is 4.98 Å². The minimum absolute atomic E-state index is 0.0178. The van der Waals surface area contributed by atoms with Gasteiger partial charge < -0.3 is 4.90 Å². The largest absolute Gasteiger partial charge is 0.338 e. The Labute approximate surface area is 163 Å². The molecule has 0 unspecified atom stereocenters. The standard InChI is InChI=1S/C23H20N4O/c28-23(26-13-7-8-14-26)19-16-24-27-21(18-11-5-2-6-12-18)15-20(25-22(19)27)17-9-3-1-4-10-17/h1-6,9-12,15-16H,7-8,13-14H2. The summed E-state index contributed by atoms with van der Waals surface area (Å²) in [6.45, 7) is 1.61. The molecule has 0 aliphatic carbocycles. The quantitative estimate of drug-likeness (QED) is 0.542. The van der Waals surface area contributed by atoms with Gasteiger partial charge in [-0.3, -0.25) is 4.79 Å². The Morgan fingerprint density at radius 2 is 1.50 bits per heavy atom. The molecule has 5 heteroatoms. The molecule has 0 atom stereocenters. The van der Waals surface area contributed by atoms with E-state index in [0.717, 1.165) is 48.4 Å². The van der Waals surface area contributed by atoms with Gasteiger partial charge in [0.25, 0.3) is 5.91 Å². The van der Waals surface area contributed by atoms with Crippen molar-refractivity contribution in [2.24, 2.45) is 0 Å². The molecule has 1 saturated heterocycles. The zero-order valence-corrected chi connectivity index (χ0v) is 15.5. The zero-order valence-electron chi connectivity index (χ0n) is 15.5. The van der Waals surface area contributed by atoms with Gasteiger partial charge in [-0.05, 0) is 18.9 Å². The smallest absolute Gasteiger partial charge is 0.259 e. The van der Waals surface area contributed by atoms with Crippen LogP contribution in [0.5, 0.6) is 0 Å². The summed E-state index contributed by atoms with van der Waals surface area (Å²) < 4.78 is 1.78. The lowest BCUT2D eigenvalue weighted by Gasteiger charge is -2.14. The van der Waals surface area contributed by atoms with E-state index >= 15 is 0 Å². The first kappa shape index (κ1) is 16.7. The second-order valence-electron chi connectivity index (χ2n) is 7.05. The highest BCUT2D eigenvalue weighted by atomic mass is 16.2. The van der Waals surface area contributed by atoms with Crippen LogP contribution in [-0.4, -0.2) is 38.5 Å². The molecule has 1 aliphatic rings. The van der Waals surface area contributed by atoms with Crippen LogP contribution in [0.4, 0.5) is 0 Å². The number of benzene rings is 2. The highest BCUT2D eigenvalue weighted by molar-refractivity contribution is 6.00. The monoisotopic (exact) mass is 368 g/mol. The van der Waals surface area contributed by atoms with Gasteiger partial charge in [0.2, 0.25) is 0 Å². The Kier molecular flexibility index (Phi) is 4.13. The SMILES string of the molecule is O=C(c1cnn2c(-c3ccccc3)cc(-c3ccccc3)nc12)N1CCCC1. The van der Waals surface area contributed by atoms with Crippen LogP contribution in [0.1, 0.15) is 23.2 Å². The highest BCUT2D eigenvalue weighted by Crippen LogP contribution is 2.28. The minimum Gasteiger partial charge on any atom is -0.338 e. The van der Waals surface area contributed by atoms with Crippen molar-refractivity contribution < 1.29 is 4.79 Å². The van der Waals surface area contributed by atoms with Gasteiger partial charge >= 0.3 is 0 Å². The van der Waals surface area contributed by atoms with E-state index < -0.39 is 0 Å². The third-order valence-corrected chi connectivity index (χ3v) is 5.23. The second-order valence-corrected chi connectivity index (χ2v) is 7.05. The molecule has 5 nitrogen and oxygen atoms in total. The fraction of sp³-hybridized carbons (Fsp3) is 0.174. The van der Waals surface area contributed by atoms with Crippen LogP contribution in [0.15, 0.2) is 72.9 Å². The van der Waals surface area contributed by atoms with Crippen molar-refractivity contribution >= 4 is 11.6 Å². The van der Waals surface area contributed by atoms with E-state index in [9.17, 15) is 4.79 Å². The average molecular weight is 368 g/mol.